The Morgan fingerprint density at radius 1 is 1.40 bits per heavy atom. The Hall–Kier alpha value is -1.24. The number of thiophene rings is 1. The van der Waals surface area contributed by atoms with Crippen LogP contribution in [0.4, 0.5) is 4.39 Å². The van der Waals surface area contributed by atoms with Gasteiger partial charge in [-0.2, -0.15) is 5.10 Å². The number of nitrogens with one attached hydrogen (secondary N) is 1. The minimum absolute atomic E-state index is 0.0253. The molecular weight excluding hydrogens is 341 g/mol. The molecule has 3 nitrogen and oxygen atoms in total. The lowest BCUT2D eigenvalue weighted by Gasteiger charge is -2.15. The molecule has 0 spiro atoms. The molecule has 2 aromatic heterocycles. The van der Waals surface area contributed by atoms with Crippen molar-refractivity contribution < 1.29 is 4.39 Å². The molecular formula is C14H13BrFN3S. The van der Waals surface area contributed by atoms with Crippen molar-refractivity contribution in [1.82, 2.24) is 15.1 Å². The number of nitrogens with zero attached hydrogens (tertiary/aromatic N) is 2. The van der Waals surface area contributed by atoms with Gasteiger partial charge in [0, 0.05) is 16.6 Å². The fraction of sp³-hybridized carbons (Fsp3) is 0.214. The summed E-state index contributed by atoms with van der Waals surface area (Å²) in [4.78, 5) is 1.14. The Labute approximate surface area is 128 Å². The van der Waals surface area contributed by atoms with E-state index >= 15 is 0 Å². The molecule has 1 atom stereocenters. The summed E-state index contributed by atoms with van der Waals surface area (Å²) in [5, 5.41) is 8.62. The van der Waals surface area contributed by atoms with Crippen LogP contribution in [0, 0.1) is 5.82 Å². The topological polar surface area (TPSA) is 29.9 Å². The monoisotopic (exact) mass is 353 g/mol. The van der Waals surface area contributed by atoms with Gasteiger partial charge in [0.2, 0.25) is 0 Å². The Balaban J connectivity index is 2.12. The van der Waals surface area contributed by atoms with Gasteiger partial charge in [0.05, 0.1) is 22.4 Å². The lowest BCUT2D eigenvalue weighted by atomic mass is 10.1. The highest BCUT2D eigenvalue weighted by Crippen LogP contribution is 2.35. The zero-order chi connectivity index (χ0) is 14.3. The maximum absolute atomic E-state index is 13.3. The maximum atomic E-state index is 13.3. The Morgan fingerprint density at radius 2 is 2.20 bits per heavy atom. The van der Waals surface area contributed by atoms with E-state index in [9.17, 15) is 4.39 Å². The van der Waals surface area contributed by atoms with Gasteiger partial charge in [-0.25, -0.2) is 4.39 Å². The number of hydrogen-bond donors (Lipinski definition) is 1. The molecule has 0 aliphatic heterocycles. The zero-order valence-corrected chi connectivity index (χ0v) is 13.4. The molecule has 3 rings (SSSR count). The van der Waals surface area contributed by atoms with E-state index in [-0.39, 0.29) is 11.9 Å². The molecule has 2 heterocycles. The number of aryl methyl sites for hydroxylation is 1. The highest BCUT2D eigenvalue weighted by Gasteiger charge is 2.21. The largest absolute Gasteiger partial charge is 0.307 e. The molecule has 0 bridgehead atoms. The predicted molar refractivity (Wildman–Crippen MR) is 83.6 cm³/mol. The summed E-state index contributed by atoms with van der Waals surface area (Å²) < 4.78 is 17.1. The molecule has 104 valence electrons. The summed E-state index contributed by atoms with van der Waals surface area (Å²) in [6.07, 6.45) is 1.78. The van der Waals surface area contributed by atoms with Gasteiger partial charge in [0.1, 0.15) is 5.82 Å². The lowest BCUT2D eigenvalue weighted by Crippen LogP contribution is -2.20. The van der Waals surface area contributed by atoms with E-state index in [0.717, 1.165) is 25.1 Å². The maximum Gasteiger partial charge on any atom is 0.124 e. The van der Waals surface area contributed by atoms with Crippen LogP contribution in [0.1, 0.15) is 16.6 Å². The van der Waals surface area contributed by atoms with Crippen LogP contribution in [0.25, 0.3) is 10.1 Å². The summed E-state index contributed by atoms with van der Waals surface area (Å²) in [7, 11) is 3.83. The van der Waals surface area contributed by atoms with Crippen LogP contribution in [-0.2, 0) is 7.05 Å². The third-order valence-electron chi connectivity index (χ3n) is 3.29. The first kappa shape index (κ1) is 13.7. The van der Waals surface area contributed by atoms with E-state index < -0.39 is 0 Å². The second kappa shape index (κ2) is 5.27. The lowest BCUT2D eigenvalue weighted by molar-refractivity contribution is 0.611. The van der Waals surface area contributed by atoms with Crippen molar-refractivity contribution in [2.45, 2.75) is 6.04 Å². The van der Waals surface area contributed by atoms with Crippen molar-refractivity contribution in [1.29, 1.82) is 0 Å². The minimum Gasteiger partial charge on any atom is -0.307 e. The molecule has 0 saturated heterocycles. The predicted octanol–water partition coefficient (Wildman–Crippen LogP) is 3.85. The van der Waals surface area contributed by atoms with Gasteiger partial charge in [-0.3, -0.25) is 4.68 Å². The third kappa shape index (κ3) is 2.28. The number of fused-ring (bicyclic) bond motifs is 1. The van der Waals surface area contributed by atoms with Crippen LogP contribution in [0.15, 0.2) is 34.9 Å². The Kier molecular flexibility index (Phi) is 3.62. The average molecular weight is 354 g/mol. The number of hydrogen-bond acceptors (Lipinski definition) is 3. The van der Waals surface area contributed by atoms with Crippen LogP contribution in [0.3, 0.4) is 0 Å². The molecule has 1 aromatic carbocycles. The molecule has 0 aliphatic rings. The summed E-state index contributed by atoms with van der Waals surface area (Å²) in [5.41, 5.74) is 1.06. The van der Waals surface area contributed by atoms with E-state index in [0.29, 0.717) is 0 Å². The third-order valence-corrected chi connectivity index (χ3v) is 5.06. The van der Waals surface area contributed by atoms with Crippen molar-refractivity contribution in [2.75, 3.05) is 7.05 Å². The van der Waals surface area contributed by atoms with Crippen LogP contribution in [-0.4, -0.2) is 16.8 Å². The van der Waals surface area contributed by atoms with Gasteiger partial charge in [0.15, 0.2) is 0 Å². The smallest absolute Gasteiger partial charge is 0.124 e. The quantitative estimate of drug-likeness (QED) is 0.775. The first-order valence-electron chi connectivity index (χ1n) is 6.14. The Morgan fingerprint density at radius 3 is 2.85 bits per heavy atom. The van der Waals surface area contributed by atoms with Crippen LogP contribution < -0.4 is 5.32 Å². The molecule has 0 amide bonds. The molecule has 1 N–H and O–H groups in total. The number of halogens is 2. The van der Waals surface area contributed by atoms with Crippen molar-refractivity contribution in [2.24, 2.45) is 7.05 Å². The summed E-state index contributed by atoms with van der Waals surface area (Å²) in [6, 6.07) is 7.01. The molecule has 3 aromatic rings. The van der Waals surface area contributed by atoms with E-state index in [1.165, 1.54) is 6.07 Å². The van der Waals surface area contributed by atoms with E-state index in [2.05, 4.69) is 32.4 Å². The highest BCUT2D eigenvalue weighted by molar-refractivity contribution is 9.10. The molecule has 0 aliphatic carbocycles. The van der Waals surface area contributed by atoms with E-state index in [4.69, 9.17) is 0 Å². The summed E-state index contributed by atoms with van der Waals surface area (Å²) >= 11 is 5.13. The van der Waals surface area contributed by atoms with E-state index in [1.54, 1.807) is 23.6 Å². The molecule has 1 unspecified atom stereocenters. The van der Waals surface area contributed by atoms with Gasteiger partial charge in [-0.1, -0.05) is 6.07 Å². The first-order chi connectivity index (χ1) is 9.60. The molecule has 0 radical (unpaired) electrons. The molecule has 20 heavy (non-hydrogen) atoms. The zero-order valence-electron chi connectivity index (χ0n) is 11.0. The van der Waals surface area contributed by atoms with Crippen LogP contribution in [0.2, 0.25) is 0 Å². The van der Waals surface area contributed by atoms with Crippen molar-refractivity contribution in [3.8, 4) is 0 Å². The van der Waals surface area contributed by atoms with E-state index in [1.807, 2.05) is 24.8 Å². The fourth-order valence-corrected chi connectivity index (χ4v) is 4.11. The molecule has 0 saturated carbocycles. The minimum atomic E-state index is -0.200. The second-order valence-electron chi connectivity index (χ2n) is 4.55. The van der Waals surface area contributed by atoms with Gasteiger partial charge in [0.25, 0.3) is 0 Å². The summed E-state index contributed by atoms with van der Waals surface area (Å²) in [6.45, 7) is 0. The fourth-order valence-electron chi connectivity index (χ4n) is 2.33. The van der Waals surface area contributed by atoms with Gasteiger partial charge in [-0.05, 0) is 46.6 Å². The van der Waals surface area contributed by atoms with Gasteiger partial charge < -0.3 is 5.32 Å². The Bertz CT molecular complexity index is 745. The van der Waals surface area contributed by atoms with Gasteiger partial charge >= 0.3 is 0 Å². The van der Waals surface area contributed by atoms with Crippen molar-refractivity contribution >= 4 is 37.4 Å². The molecule has 0 fully saturated rings. The standard InChI is InChI=1S/C14H13BrFN3S/c1-17-13(14-10(15)7-18-19(14)2)12-5-8-3-4-9(16)6-11(8)20-12/h3-7,13,17H,1-2H3. The second-order valence-corrected chi connectivity index (χ2v) is 6.52. The number of rotatable bonds is 3. The SMILES string of the molecule is CNC(c1cc2ccc(F)cc2s1)c1c(Br)cnn1C. The summed E-state index contributed by atoms with van der Waals surface area (Å²) in [5.74, 6) is -0.200. The van der Waals surface area contributed by atoms with Gasteiger partial charge in [-0.15, -0.1) is 11.3 Å². The van der Waals surface area contributed by atoms with Crippen molar-refractivity contribution in [3.05, 3.63) is 51.3 Å². The molecule has 6 heteroatoms. The normalized spacial score (nSPS) is 13.0. The highest BCUT2D eigenvalue weighted by atomic mass is 79.9. The van der Waals surface area contributed by atoms with Crippen molar-refractivity contribution in [3.63, 3.8) is 0 Å². The number of aromatic nitrogens is 2. The van der Waals surface area contributed by atoms with Crippen LogP contribution >= 0.6 is 27.3 Å². The average Bonchev–Trinajstić information content (AvgIpc) is 2.97. The van der Waals surface area contributed by atoms with Crippen LogP contribution in [0.5, 0.6) is 0 Å². The first-order valence-corrected chi connectivity index (χ1v) is 7.74. The number of benzene rings is 1.